The van der Waals surface area contributed by atoms with Crippen LogP contribution in [0.4, 0.5) is 5.69 Å². The molecule has 3 aromatic carbocycles. The van der Waals surface area contributed by atoms with Crippen LogP contribution < -0.4 is 9.64 Å². The maximum Gasteiger partial charge on any atom is 0.333 e. The number of hydrogen-bond donors (Lipinski definition) is 0. The quantitative estimate of drug-likeness (QED) is 0.253. The Hall–Kier alpha value is -3.93. The first-order valence-corrected chi connectivity index (χ1v) is 12.0. The molecule has 1 saturated carbocycles. The number of anilines is 1. The van der Waals surface area contributed by atoms with Crippen LogP contribution in [0.2, 0.25) is 0 Å². The number of carbonyl (C=O) groups excluding carboxylic acids is 3. The van der Waals surface area contributed by atoms with Crippen LogP contribution >= 0.6 is 0 Å². The summed E-state index contributed by atoms with van der Waals surface area (Å²) in [6.07, 6.45) is 5.78. The van der Waals surface area contributed by atoms with Crippen LogP contribution in [0.1, 0.15) is 65.3 Å². The number of nitrogens with zero attached hydrogens (tertiary/aromatic N) is 1. The largest absolute Gasteiger partial charge is 0.490 e. The zero-order valence-electron chi connectivity index (χ0n) is 19.7. The van der Waals surface area contributed by atoms with Crippen LogP contribution in [0.15, 0.2) is 66.7 Å². The van der Waals surface area contributed by atoms with Crippen molar-refractivity contribution in [1.29, 1.82) is 0 Å². The van der Waals surface area contributed by atoms with Gasteiger partial charge in [0.05, 0.1) is 11.8 Å². The summed E-state index contributed by atoms with van der Waals surface area (Å²) < 4.78 is 11.5. The van der Waals surface area contributed by atoms with Gasteiger partial charge in [0.1, 0.15) is 12.4 Å². The van der Waals surface area contributed by atoms with Gasteiger partial charge in [0.2, 0.25) is 0 Å². The molecule has 0 N–H and O–H groups in total. The highest BCUT2D eigenvalue weighted by Gasteiger charge is 2.34. The van der Waals surface area contributed by atoms with Gasteiger partial charge in [0, 0.05) is 27.5 Å². The summed E-state index contributed by atoms with van der Waals surface area (Å²) in [5.41, 5.74) is 2.48. The normalized spacial score (nSPS) is 15.9. The van der Waals surface area contributed by atoms with E-state index >= 15 is 0 Å². The zero-order chi connectivity index (χ0) is 24.5. The molecule has 0 bridgehead atoms. The summed E-state index contributed by atoms with van der Waals surface area (Å²) in [7, 11) is 0. The molecular weight excluding hydrogens is 442 g/mol. The Morgan fingerprint density at radius 1 is 0.943 bits per heavy atom. The fraction of sp³-hybridized carbons (Fsp3) is 0.276. The van der Waals surface area contributed by atoms with Crippen molar-refractivity contribution in [2.45, 2.75) is 51.7 Å². The highest BCUT2D eigenvalue weighted by atomic mass is 16.5. The molecule has 1 aliphatic carbocycles. The van der Waals surface area contributed by atoms with Crippen molar-refractivity contribution >= 4 is 34.2 Å². The summed E-state index contributed by atoms with van der Waals surface area (Å²) in [4.78, 5) is 39.8. The number of ether oxygens (including phenoxy) is 2. The second kappa shape index (κ2) is 9.37. The third-order valence-electron chi connectivity index (χ3n) is 6.63. The predicted molar refractivity (Wildman–Crippen MR) is 134 cm³/mol. The topological polar surface area (TPSA) is 72.9 Å². The van der Waals surface area contributed by atoms with Crippen molar-refractivity contribution < 1.29 is 23.9 Å². The van der Waals surface area contributed by atoms with Gasteiger partial charge in [-0.25, -0.2) is 9.69 Å². The second-order valence-corrected chi connectivity index (χ2v) is 9.19. The van der Waals surface area contributed by atoms with Crippen LogP contribution in [0.3, 0.4) is 0 Å². The molecule has 1 fully saturated rings. The van der Waals surface area contributed by atoms with Crippen LogP contribution in [0.5, 0.6) is 5.75 Å². The Bertz CT molecular complexity index is 1310. The second-order valence-electron chi connectivity index (χ2n) is 9.19. The van der Waals surface area contributed by atoms with Crippen molar-refractivity contribution in [3.63, 3.8) is 0 Å². The number of esters is 1. The number of carbonyl (C=O) groups is 3. The minimum atomic E-state index is -0.466. The summed E-state index contributed by atoms with van der Waals surface area (Å²) in [5.74, 6) is -0.485. The van der Waals surface area contributed by atoms with Crippen LogP contribution in [0, 0.1) is 0 Å². The Labute approximate surface area is 204 Å². The summed E-state index contributed by atoms with van der Waals surface area (Å²) >= 11 is 0. The van der Waals surface area contributed by atoms with E-state index in [-0.39, 0.29) is 24.5 Å². The van der Waals surface area contributed by atoms with Crippen molar-refractivity contribution in [3.05, 3.63) is 83.4 Å². The fourth-order valence-corrected chi connectivity index (χ4v) is 4.78. The molecule has 6 nitrogen and oxygen atoms in total. The number of hydrogen-bond acceptors (Lipinski definition) is 5. The third kappa shape index (κ3) is 4.32. The van der Waals surface area contributed by atoms with Gasteiger partial charge in [0.15, 0.2) is 0 Å². The SMILES string of the molecule is C=C(C)C(=O)OCc1ccc(N2C(=O)c3cccc4c(OC5CCCCC5)ccc(c34)C2=O)cc1. The van der Waals surface area contributed by atoms with E-state index in [0.717, 1.165) is 42.4 Å². The maximum absolute atomic E-state index is 13.5. The number of rotatable bonds is 6. The van der Waals surface area contributed by atoms with E-state index in [0.29, 0.717) is 27.8 Å². The van der Waals surface area contributed by atoms with Crippen LogP contribution in [-0.2, 0) is 16.1 Å². The smallest absolute Gasteiger partial charge is 0.333 e. The molecule has 6 heteroatoms. The Morgan fingerprint density at radius 2 is 1.63 bits per heavy atom. The average Bonchev–Trinajstić information content (AvgIpc) is 2.87. The minimum absolute atomic E-state index is 0.0831. The van der Waals surface area contributed by atoms with Crippen molar-refractivity contribution in [2.24, 2.45) is 0 Å². The van der Waals surface area contributed by atoms with Crippen LogP contribution in [0.25, 0.3) is 10.8 Å². The molecule has 5 rings (SSSR count). The van der Waals surface area contributed by atoms with Gasteiger partial charge in [0.25, 0.3) is 11.8 Å². The Morgan fingerprint density at radius 3 is 2.31 bits per heavy atom. The Kier molecular flexibility index (Phi) is 6.12. The first kappa shape index (κ1) is 22.8. The van der Waals surface area contributed by atoms with E-state index in [2.05, 4.69) is 6.58 Å². The number of benzene rings is 3. The molecule has 1 aliphatic heterocycles. The molecule has 0 aromatic heterocycles. The van der Waals surface area contributed by atoms with Gasteiger partial charge in [-0.15, -0.1) is 0 Å². The van der Waals surface area contributed by atoms with Gasteiger partial charge in [-0.1, -0.05) is 37.3 Å². The van der Waals surface area contributed by atoms with E-state index in [9.17, 15) is 14.4 Å². The zero-order valence-corrected chi connectivity index (χ0v) is 19.7. The van der Waals surface area contributed by atoms with E-state index in [1.165, 1.54) is 11.3 Å². The molecule has 0 spiro atoms. The van der Waals surface area contributed by atoms with Crippen molar-refractivity contribution in [2.75, 3.05) is 4.90 Å². The predicted octanol–water partition coefficient (Wildman–Crippen LogP) is 5.97. The molecule has 3 aromatic rings. The third-order valence-corrected chi connectivity index (χ3v) is 6.63. The van der Waals surface area contributed by atoms with Gasteiger partial charge >= 0.3 is 5.97 Å². The molecule has 0 atom stereocenters. The van der Waals surface area contributed by atoms with E-state index in [1.54, 1.807) is 43.3 Å². The van der Waals surface area contributed by atoms with Gasteiger partial charge in [-0.05, 0) is 68.5 Å². The molecule has 0 radical (unpaired) electrons. The summed E-state index contributed by atoms with van der Waals surface area (Å²) in [6.45, 7) is 5.23. The maximum atomic E-state index is 13.5. The monoisotopic (exact) mass is 469 g/mol. The first-order valence-electron chi connectivity index (χ1n) is 12.0. The first-order chi connectivity index (χ1) is 16.9. The van der Waals surface area contributed by atoms with Gasteiger partial charge < -0.3 is 9.47 Å². The highest BCUT2D eigenvalue weighted by molar-refractivity contribution is 6.36. The lowest BCUT2D eigenvalue weighted by Crippen LogP contribution is -2.40. The van der Waals surface area contributed by atoms with E-state index < -0.39 is 5.97 Å². The molecular formula is C29H27NO5. The summed E-state index contributed by atoms with van der Waals surface area (Å²) in [6, 6.07) is 16.0. The van der Waals surface area contributed by atoms with Crippen LogP contribution in [-0.4, -0.2) is 23.9 Å². The van der Waals surface area contributed by atoms with Crippen molar-refractivity contribution in [1.82, 2.24) is 0 Å². The highest BCUT2D eigenvalue weighted by Crippen LogP contribution is 2.38. The number of amides is 2. The van der Waals surface area contributed by atoms with Crippen molar-refractivity contribution in [3.8, 4) is 5.75 Å². The molecule has 0 unspecified atom stereocenters. The van der Waals surface area contributed by atoms with E-state index in [1.807, 2.05) is 18.2 Å². The molecule has 2 aliphatic rings. The molecule has 0 saturated heterocycles. The lowest BCUT2D eigenvalue weighted by molar-refractivity contribution is -0.140. The Balaban J connectivity index is 1.43. The molecule has 1 heterocycles. The lowest BCUT2D eigenvalue weighted by Gasteiger charge is -2.29. The van der Waals surface area contributed by atoms with E-state index in [4.69, 9.17) is 9.47 Å². The molecule has 2 amide bonds. The molecule has 35 heavy (non-hydrogen) atoms. The fourth-order valence-electron chi connectivity index (χ4n) is 4.78. The molecule has 178 valence electrons. The minimum Gasteiger partial charge on any atom is -0.490 e. The lowest BCUT2D eigenvalue weighted by atomic mass is 9.92. The van der Waals surface area contributed by atoms with Gasteiger partial charge in [-0.3, -0.25) is 9.59 Å². The standard InChI is InChI=1S/C29H27NO5/c1-18(2)29(33)34-17-19-11-13-20(14-12-19)30-27(31)23-10-6-9-22-25(35-21-7-4-3-5-8-21)16-15-24(26(22)23)28(30)32/h6,9-16,21H,1,3-5,7-8,17H2,2H3. The van der Waals surface area contributed by atoms with Gasteiger partial charge in [-0.2, -0.15) is 0 Å². The summed E-state index contributed by atoms with van der Waals surface area (Å²) in [5, 5.41) is 1.44. The average molecular weight is 470 g/mol. The number of imide groups is 1.